The van der Waals surface area contributed by atoms with E-state index in [1.54, 1.807) is 21.3 Å². The van der Waals surface area contributed by atoms with Gasteiger partial charge in [-0.25, -0.2) is 0 Å². The van der Waals surface area contributed by atoms with Gasteiger partial charge in [0, 0.05) is 24.7 Å². The molecule has 0 amide bonds. The highest BCUT2D eigenvalue weighted by molar-refractivity contribution is 9.10. The molecular formula is C13H20BrNO3. The molecule has 0 aliphatic rings. The van der Waals surface area contributed by atoms with Crippen LogP contribution < -0.4 is 14.8 Å². The Morgan fingerprint density at radius 2 is 1.78 bits per heavy atom. The van der Waals surface area contributed by atoms with Crippen molar-refractivity contribution in [2.24, 2.45) is 0 Å². The highest BCUT2D eigenvalue weighted by Crippen LogP contribution is 2.33. The molecule has 0 aliphatic carbocycles. The fraction of sp³-hybridized carbons (Fsp3) is 0.538. The molecule has 0 spiro atoms. The van der Waals surface area contributed by atoms with Crippen LogP contribution in [0.15, 0.2) is 16.6 Å². The molecule has 0 fully saturated rings. The van der Waals surface area contributed by atoms with Crippen LogP contribution >= 0.6 is 15.9 Å². The molecule has 18 heavy (non-hydrogen) atoms. The largest absolute Gasteiger partial charge is 0.493 e. The summed E-state index contributed by atoms with van der Waals surface area (Å²) in [6.45, 7) is 3.57. The predicted octanol–water partition coefficient (Wildman–Crippen LogP) is 2.59. The standard InChI is InChI=1S/C13H20BrNO3/c1-9(16-2)7-15-8-10-5-12(17-3)13(18-4)6-11(10)14/h5-6,9,15H,7-8H2,1-4H3. The van der Waals surface area contributed by atoms with E-state index < -0.39 is 0 Å². The molecule has 1 rings (SSSR count). The molecule has 4 nitrogen and oxygen atoms in total. The van der Waals surface area contributed by atoms with E-state index in [0.717, 1.165) is 34.6 Å². The van der Waals surface area contributed by atoms with Gasteiger partial charge in [0.1, 0.15) is 0 Å². The maximum atomic E-state index is 5.28. The van der Waals surface area contributed by atoms with E-state index in [-0.39, 0.29) is 6.10 Å². The highest BCUT2D eigenvalue weighted by Gasteiger charge is 2.09. The van der Waals surface area contributed by atoms with Gasteiger partial charge in [-0.15, -0.1) is 0 Å². The van der Waals surface area contributed by atoms with Crippen LogP contribution in [0.4, 0.5) is 0 Å². The van der Waals surface area contributed by atoms with E-state index in [1.807, 2.05) is 19.1 Å². The van der Waals surface area contributed by atoms with Crippen molar-refractivity contribution in [1.82, 2.24) is 5.32 Å². The third kappa shape index (κ3) is 4.15. The van der Waals surface area contributed by atoms with Gasteiger partial charge in [-0.1, -0.05) is 15.9 Å². The summed E-state index contributed by atoms with van der Waals surface area (Å²) in [5, 5.41) is 3.33. The predicted molar refractivity (Wildman–Crippen MR) is 75.4 cm³/mol. The third-order valence-corrected chi connectivity index (χ3v) is 3.44. The summed E-state index contributed by atoms with van der Waals surface area (Å²) in [7, 11) is 4.97. The number of hydrogen-bond acceptors (Lipinski definition) is 4. The molecule has 0 radical (unpaired) electrons. The topological polar surface area (TPSA) is 39.7 Å². The summed E-state index contributed by atoms with van der Waals surface area (Å²) in [6.07, 6.45) is 0.198. The van der Waals surface area contributed by atoms with E-state index in [4.69, 9.17) is 14.2 Å². The smallest absolute Gasteiger partial charge is 0.161 e. The van der Waals surface area contributed by atoms with Gasteiger partial charge in [-0.3, -0.25) is 0 Å². The Labute approximate surface area is 117 Å². The van der Waals surface area contributed by atoms with Gasteiger partial charge < -0.3 is 19.5 Å². The van der Waals surface area contributed by atoms with E-state index in [0.29, 0.717) is 0 Å². The van der Waals surface area contributed by atoms with Crippen molar-refractivity contribution in [3.63, 3.8) is 0 Å². The minimum absolute atomic E-state index is 0.198. The van der Waals surface area contributed by atoms with Gasteiger partial charge in [0.25, 0.3) is 0 Å². The van der Waals surface area contributed by atoms with Crippen molar-refractivity contribution in [3.05, 3.63) is 22.2 Å². The van der Waals surface area contributed by atoms with Gasteiger partial charge in [0.05, 0.1) is 20.3 Å². The van der Waals surface area contributed by atoms with E-state index in [2.05, 4.69) is 21.2 Å². The Kier molecular flexibility index (Phi) is 6.46. The Morgan fingerprint density at radius 1 is 1.17 bits per heavy atom. The first-order valence-electron chi connectivity index (χ1n) is 5.76. The summed E-state index contributed by atoms with van der Waals surface area (Å²) in [6, 6.07) is 3.88. The lowest BCUT2D eigenvalue weighted by atomic mass is 10.2. The van der Waals surface area contributed by atoms with Crippen LogP contribution in [0.2, 0.25) is 0 Å². The Bertz CT molecular complexity index is 385. The van der Waals surface area contributed by atoms with Crippen molar-refractivity contribution in [3.8, 4) is 11.5 Å². The molecule has 1 atom stereocenters. The summed E-state index contributed by atoms with van der Waals surface area (Å²) < 4.78 is 16.7. The van der Waals surface area contributed by atoms with Crippen LogP contribution in [0.3, 0.4) is 0 Å². The van der Waals surface area contributed by atoms with Crippen LogP contribution in [0.5, 0.6) is 11.5 Å². The zero-order valence-electron chi connectivity index (χ0n) is 11.2. The van der Waals surface area contributed by atoms with Gasteiger partial charge >= 0.3 is 0 Å². The number of nitrogens with one attached hydrogen (secondary N) is 1. The lowest BCUT2D eigenvalue weighted by Crippen LogP contribution is -2.25. The van der Waals surface area contributed by atoms with E-state index >= 15 is 0 Å². The van der Waals surface area contributed by atoms with Crippen molar-refractivity contribution >= 4 is 15.9 Å². The van der Waals surface area contributed by atoms with Crippen molar-refractivity contribution in [1.29, 1.82) is 0 Å². The first kappa shape index (κ1) is 15.3. The number of rotatable bonds is 7. The van der Waals surface area contributed by atoms with Gasteiger partial charge in [0.15, 0.2) is 11.5 Å². The lowest BCUT2D eigenvalue weighted by molar-refractivity contribution is 0.117. The molecule has 1 N–H and O–H groups in total. The Balaban J connectivity index is 2.71. The maximum absolute atomic E-state index is 5.28. The summed E-state index contributed by atoms with van der Waals surface area (Å²) in [4.78, 5) is 0. The Morgan fingerprint density at radius 3 is 2.33 bits per heavy atom. The summed E-state index contributed by atoms with van der Waals surface area (Å²) in [5.41, 5.74) is 1.12. The monoisotopic (exact) mass is 317 g/mol. The van der Waals surface area contributed by atoms with E-state index in [1.165, 1.54) is 0 Å². The summed E-state index contributed by atoms with van der Waals surface area (Å²) in [5.74, 6) is 1.45. The van der Waals surface area contributed by atoms with Gasteiger partial charge in [-0.05, 0) is 24.6 Å². The normalized spacial score (nSPS) is 12.3. The Hall–Kier alpha value is -0.780. The molecule has 0 saturated carbocycles. The second-order valence-electron chi connectivity index (χ2n) is 3.98. The number of hydrogen-bond donors (Lipinski definition) is 1. The van der Waals surface area contributed by atoms with Gasteiger partial charge in [0.2, 0.25) is 0 Å². The first-order valence-corrected chi connectivity index (χ1v) is 6.55. The average Bonchev–Trinajstić information content (AvgIpc) is 2.39. The lowest BCUT2D eigenvalue weighted by Gasteiger charge is -2.14. The molecule has 5 heteroatoms. The zero-order chi connectivity index (χ0) is 13.5. The van der Waals surface area contributed by atoms with Crippen LogP contribution in [-0.2, 0) is 11.3 Å². The van der Waals surface area contributed by atoms with Crippen molar-refractivity contribution in [2.45, 2.75) is 19.6 Å². The van der Waals surface area contributed by atoms with Crippen LogP contribution in [0, 0.1) is 0 Å². The second kappa shape index (κ2) is 7.61. The van der Waals surface area contributed by atoms with Crippen LogP contribution in [0.1, 0.15) is 12.5 Å². The molecule has 0 heterocycles. The first-order chi connectivity index (χ1) is 8.62. The van der Waals surface area contributed by atoms with Crippen LogP contribution in [-0.4, -0.2) is 34.0 Å². The maximum Gasteiger partial charge on any atom is 0.161 e. The van der Waals surface area contributed by atoms with Gasteiger partial charge in [-0.2, -0.15) is 0 Å². The quantitative estimate of drug-likeness (QED) is 0.839. The molecule has 1 unspecified atom stereocenters. The van der Waals surface area contributed by atoms with E-state index in [9.17, 15) is 0 Å². The number of methoxy groups -OCH3 is 3. The molecular weight excluding hydrogens is 298 g/mol. The fourth-order valence-electron chi connectivity index (χ4n) is 1.53. The SMILES string of the molecule is COc1cc(Br)c(CNCC(C)OC)cc1OC. The van der Waals surface area contributed by atoms with Crippen LogP contribution in [0.25, 0.3) is 0 Å². The minimum Gasteiger partial charge on any atom is -0.493 e. The molecule has 102 valence electrons. The highest BCUT2D eigenvalue weighted by atomic mass is 79.9. The molecule has 0 aliphatic heterocycles. The fourth-order valence-corrected chi connectivity index (χ4v) is 1.99. The number of halogens is 1. The van der Waals surface area contributed by atoms with Crippen molar-refractivity contribution < 1.29 is 14.2 Å². The molecule has 0 saturated heterocycles. The summed E-state index contributed by atoms with van der Waals surface area (Å²) >= 11 is 3.53. The molecule has 1 aromatic carbocycles. The minimum atomic E-state index is 0.198. The number of ether oxygens (including phenoxy) is 3. The molecule has 0 aromatic heterocycles. The average molecular weight is 318 g/mol. The van der Waals surface area contributed by atoms with Crippen molar-refractivity contribution in [2.75, 3.05) is 27.9 Å². The second-order valence-corrected chi connectivity index (χ2v) is 4.83. The third-order valence-electron chi connectivity index (χ3n) is 2.70. The number of benzene rings is 1. The molecule has 1 aromatic rings. The zero-order valence-corrected chi connectivity index (χ0v) is 12.8. The molecule has 0 bridgehead atoms.